The van der Waals surface area contributed by atoms with Crippen molar-refractivity contribution in [3.05, 3.63) is 42.2 Å². The van der Waals surface area contributed by atoms with Gasteiger partial charge in [-0.15, -0.1) is 5.10 Å². The molecule has 1 atom stereocenters. The van der Waals surface area contributed by atoms with Crippen molar-refractivity contribution in [1.29, 1.82) is 0 Å². The van der Waals surface area contributed by atoms with Crippen LogP contribution in [0.1, 0.15) is 12.0 Å². The molecule has 1 aromatic carbocycles. The number of anilines is 1. The van der Waals surface area contributed by atoms with Gasteiger partial charge < -0.3 is 9.80 Å². The van der Waals surface area contributed by atoms with Gasteiger partial charge >= 0.3 is 0 Å². The van der Waals surface area contributed by atoms with E-state index in [0.29, 0.717) is 5.91 Å². The highest BCUT2D eigenvalue weighted by Crippen LogP contribution is 2.30. The van der Waals surface area contributed by atoms with Crippen molar-refractivity contribution in [2.45, 2.75) is 19.4 Å². The van der Waals surface area contributed by atoms with E-state index in [2.05, 4.69) is 27.3 Å². The molecule has 0 spiro atoms. The van der Waals surface area contributed by atoms with Crippen LogP contribution in [-0.4, -0.2) is 52.0 Å². The van der Waals surface area contributed by atoms with Crippen molar-refractivity contribution in [3.8, 4) is 0 Å². The molecule has 1 saturated heterocycles. The van der Waals surface area contributed by atoms with Gasteiger partial charge in [0.25, 0.3) is 0 Å². The minimum absolute atomic E-state index is 0.122. The minimum atomic E-state index is 0.122. The van der Waals surface area contributed by atoms with E-state index in [1.807, 2.05) is 27.9 Å². The van der Waals surface area contributed by atoms with Crippen LogP contribution < -0.4 is 4.90 Å². The summed E-state index contributed by atoms with van der Waals surface area (Å²) in [5.41, 5.74) is 2.40. The van der Waals surface area contributed by atoms with Gasteiger partial charge in [0.2, 0.25) is 5.91 Å². The quantitative estimate of drug-likeness (QED) is 0.851. The molecule has 3 heterocycles. The third-order valence-corrected chi connectivity index (χ3v) is 4.89. The van der Waals surface area contributed by atoms with Crippen LogP contribution >= 0.6 is 0 Å². The number of carbonyl (C=O) groups excluding carboxylic acids is 1. The monoisotopic (exact) mass is 311 g/mol. The molecule has 2 aliphatic heterocycles. The standard InChI is InChI=1S/C17H21N5O/c23-17(22-9-6-14-3-1-2-4-16(14)22)15-5-8-20(13-15)11-12-21-10-7-18-19-21/h1-4,7,10,15H,5-6,8-9,11-13H2. The predicted molar refractivity (Wildman–Crippen MR) is 87.1 cm³/mol. The van der Waals surface area contributed by atoms with Crippen LogP contribution in [0.2, 0.25) is 0 Å². The van der Waals surface area contributed by atoms with Crippen LogP contribution in [-0.2, 0) is 17.8 Å². The molecule has 1 unspecified atom stereocenters. The number of likely N-dealkylation sites (tertiary alicyclic amines) is 1. The summed E-state index contributed by atoms with van der Waals surface area (Å²) in [5, 5.41) is 7.80. The van der Waals surface area contributed by atoms with E-state index in [0.717, 1.165) is 51.3 Å². The van der Waals surface area contributed by atoms with Crippen molar-refractivity contribution in [1.82, 2.24) is 19.9 Å². The Hall–Kier alpha value is -2.21. The van der Waals surface area contributed by atoms with Crippen LogP contribution in [0.4, 0.5) is 5.69 Å². The van der Waals surface area contributed by atoms with Gasteiger partial charge in [-0.05, 0) is 31.0 Å². The lowest BCUT2D eigenvalue weighted by atomic mass is 10.1. The molecule has 2 aliphatic rings. The molecular weight excluding hydrogens is 290 g/mol. The normalized spacial score (nSPS) is 20.9. The fraction of sp³-hybridized carbons (Fsp3) is 0.471. The first-order valence-corrected chi connectivity index (χ1v) is 8.27. The van der Waals surface area contributed by atoms with E-state index >= 15 is 0 Å². The average molecular weight is 311 g/mol. The topological polar surface area (TPSA) is 54.3 Å². The number of hydrogen-bond acceptors (Lipinski definition) is 4. The molecule has 2 aromatic rings. The summed E-state index contributed by atoms with van der Waals surface area (Å²) >= 11 is 0. The Kier molecular flexibility index (Phi) is 3.83. The number of carbonyl (C=O) groups is 1. The molecule has 120 valence electrons. The zero-order valence-corrected chi connectivity index (χ0v) is 13.1. The lowest BCUT2D eigenvalue weighted by Gasteiger charge is -2.22. The van der Waals surface area contributed by atoms with E-state index in [-0.39, 0.29) is 5.92 Å². The van der Waals surface area contributed by atoms with Crippen LogP contribution in [0.15, 0.2) is 36.7 Å². The Balaban J connectivity index is 1.35. The van der Waals surface area contributed by atoms with Crippen LogP contribution in [0.5, 0.6) is 0 Å². The number of nitrogens with zero attached hydrogens (tertiary/aromatic N) is 5. The van der Waals surface area contributed by atoms with Gasteiger partial charge in [0.15, 0.2) is 0 Å². The van der Waals surface area contributed by atoms with Crippen LogP contribution in [0.3, 0.4) is 0 Å². The number of benzene rings is 1. The second-order valence-electron chi connectivity index (χ2n) is 6.32. The van der Waals surface area contributed by atoms with Crippen LogP contribution in [0, 0.1) is 5.92 Å². The van der Waals surface area contributed by atoms with Crippen molar-refractivity contribution in [2.24, 2.45) is 5.92 Å². The van der Waals surface area contributed by atoms with Crippen molar-refractivity contribution in [2.75, 3.05) is 31.1 Å². The Morgan fingerprint density at radius 2 is 2.13 bits per heavy atom. The minimum Gasteiger partial charge on any atom is -0.312 e. The van der Waals surface area contributed by atoms with Gasteiger partial charge in [-0.2, -0.15) is 0 Å². The molecule has 6 heteroatoms. The Labute approximate surface area is 135 Å². The fourth-order valence-corrected chi connectivity index (χ4v) is 3.62. The molecule has 0 bridgehead atoms. The van der Waals surface area contributed by atoms with Crippen molar-refractivity contribution < 1.29 is 4.79 Å². The zero-order chi connectivity index (χ0) is 15.6. The summed E-state index contributed by atoms with van der Waals surface area (Å²) in [4.78, 5) is 17.2. The first-order valence-electron chi connectivity index (χ1n) is 8.27. The Morgan fingerprint density at radius 1 is 1.22 bits per heavy atom. The highest BCUT2D eigenvalue weighted by molar-refractivity contribution is 5.97. The average Bonchev–Trinajstić information content (AvgIpc) is 3.32. The number of amides is 1. The summed E-state index contributed by atoms with van der Waals surface area (Å²) in [6.07, 6.45) is 5.50. The van der Waals surface area contributed by atoms with Gasteiger partial charge in [0, 0.05) is 31.5 Å². The smallest absolute Gasteiger partial charge is 0.231 e. The number of aromatic nitrogens is 3. The maximum absolute atomic E-state index is 12.9. The zero-order valence-electron chi connectivity index (χ0n) is 13.1. The molecule has 6 nitrogen and oxygen atoms in total. The Morgan fingerprint density at radius 3 is 3.00 bits per heavy atom. The SMILES string of the molecule is O=C(C1CCN(CCn2ccnn2)C1)N1CCc2ccccc21. The van der Waals surface area contributed by atoms with Gasteiger partial charge in [0.1, 0.15) is 0 Å². The molecule has 0 saturated carbocycles. The van der Waals surface area contributed by atoms with Gasteiger partial charge in [0.05, 0.1) is 18.7 Å². The lowest BCUT2D eigenvalue weighted by molar-refractivity contribution is -0.121. The molecule has 1 amide bonds. The predicted octanol–water partition coefficient (Wildman–Crippen LogP) is 1.19. The number of hydrogen-bond donors (Lipinski definition) is 0. The van der Waals surface area contributed by atoms with Crippen LogP contribution in [0.25, 0.3) is 0 Å². The summed E-state index contributed by atoms with van der Waals surface area (Å²) in [6, 6.07) is 8.26. The van der Waals surface area contributed by atoms with E-state index in [1.54, 1.807) is 6.20 Å². The summed E-state index contributed by atoms with van der Waals surface area (Å²) in [7, 11) is 0. The first kappa shape index (κ1) is 14.4. The summed E-state index contributed by atoms with van der Waals surface area (Å²) in [5.74, 6) is 0.412. The molecule has 4 rings (SSSR count). The largest absolute Gasteiger partial charge is 0.312 e. The second-order valence-corrected chi connectivity index (χ2v) is 6.32. The number of para-hydroxylation sites is 1. The number of rotatable bonds is 4. The molecule has 0 N–H and O–H groups in total. The van der Waals surface area contributed by atoms with E-state index in [4.69, 9.17) is 0 Å². The lowest BCUT2D eigenvalue weighted by Crippen LogP contribution is -2.36. The molecule has 23 heavy (non-hydrogen) atoms. The van der Waals surface area contributed by atoms with E-state index < -0.39 is 0 Å². The molecule has 0 radical (unpaired) electrons. The maximum atomic E-state index is 12.9. The van der Waals surface area contributed by atoms with E-state index in [9.17, 15) is 4.79 Å². The summed E-state index contributed by atoms with van der Waals surface area (Å²) < 4.78 is 1.84. The van der Waals surface area contributed by atoms with E-state index in [1.165, 1.54) is 5.56 Å². The molecular formula is C17H21N5O. The first-order chi connectivity index (χ1) is 11.3. The highest BCUT2D eigenvalue weighted by Gasteiger charge is 2.34. The van der Waals surface area contributed by atoms with Crippen molar-refractivity contribution in [3.63, 3.8) is 0 Å². The van der Waals surface area contributed by atoms with Crippen molar-refractivity contribution >= 4 is 11.6 Å². The maximum Gasteiger partial charge on any atom is 0.231 e. The third kappa shape index (κ3) is 2.86. The molecule has 1 aromatic heterocycles. The van der Waals surface area contributed by atoms with Gasteiger partial charge in [-0.3, -0.25) is 9.48 Å². The molecule has 0 aliphatic carbocycles. The fourth-order valence-electron chi connectivity index (χ4n) is 3.62. The molecule has 1 fully saturated rings. The summed E-state index contributed by atoms with van der Waals surface area (Å²) in [6.45, 7) is 4.41. The van der Waals surface area contributed by atoms with Gasteiger partial charge in [-0.1, -0.05) is 23.4 Å². The number of fused-ring (bicyclic) bond motifs is 1. The highest BCUT2D eigenvalue weighted by atomic mass is 16.2. The Bertz CT molecular complexity index is 684. The second kappa shape index (κ2) is 6.12. The van der Waals surface area contributed by atoms with Gasteiger partial charge in [-0.25, -0.2) is 0 Å². The third-order valence-electron chi connectivity index (χ3n) is 4.89.